The lowest BCUT2D eigenvalue weighted by Gasteiger charge is -2.30. The lowest BCUT2D eigenvalue weighted by molar-refractivity contribution is 0.241. The van der Waals surface area contributed by atoms with Crippen LogP contribution >= 0.6 is 0 Å². The number of aliphatic hydroxyl groups is 1. The molecule has 154 valence electrons. The fourth-order valence-corrected chi connectivity index (χ4v) is 3.94. The second kappa shape index (κ2) is 8.80. The number of aliphatic hydroxyl groups excluding tert-OH is 1. The van der Waals surface area contributed by atoms with Gasteiger partial charge in [0.05, 0.1) is 12.1 Å². The van der Waals surface area contributed by atoms with E-state index in [2.05, 4.69) is 16.7 Å². The minimum Gasteiger partial charge on any atom is -0.462 e. The molecular formula is C22H29N5O2. The van der Waals surface area contributed by atoms with Gasteiger partial charge in [0.1, 0.15) is 23.9 Å². The molecule has 3 aromatic rings. The molecule has 29 heavy (non-hydrogen) atoms. The number of nitrogens with zero attached hydrogens (tertiary/aromatic N) is 3. The Balaban J connectivity index is 1.33. The molecule has 7 nitrogen and oxygen atoms in total. The van der Waals surface area contributed by atoms with Gasteiger partial charge in [0.25, 0.3) is 0 Å². The first-order valence-corrected chi connectivity index (χ1v) is 10.2. The molecule has 0 amide bonds. The molecule has 0 saturated heterocycles. The van der Waals surface area contributed by atoms with Crippen molar-refractivity contribution in [3.8, 4) is 0 Å². The Morgan fingerprint density at radius 3 is 2.45 bits per heavy atom. The predicted octanol–water partition coefficient (Wildman–Crippen LogP) is 3.29. The molecule has 0 radical (unpaired) electrons. The van der Waals surface area contributed by atoms with Crippen LogP contribution in [0, 0.1) is 0 Å². The van der Waals surface area contributed by atoms with E-state index in [0.717, 1.165) is 48.2 Å². The maximum absolute atomic E-state index is 9.09. The molecule has 0 atom stereocenters. The first-order valence-electron chi connectivity index (χ1n) is 10.2. The molecule has 1 fully saturated rings. The van der Waals surface area contributed by atoms with Gasteiger partial charge in [-0.3, -0.25) is 0 Å². The number of rotatable bonds is 7. The SMILES string of the molecule is CN(C)c1nc(NC2CCC(NCc3ccc(CO)o3)CC2)nc2ccccc12. The van der Waals surface area contributed by atoms with E-state index in [1.807, 2.05) is 49.3 Å². The molecule has 0 aliphatic heterocycles. The van der Waals surface area contributed by atoms with Gasteiger partial charge in [-0.15, -0.1) is 0 Å². The van der Waals surface area contributed by atoms with Crippen molar-refractivity contribution >= 4 is 22.7 Å². The van der Waals surface area contributed by atoms with Crippen molar-refractivity contribution in [3.63, 3.8) is 0 Å². The van der Waals surface area contributed by atoms with E-state index in [1.165, 1.54) is 0 Å². The van der Waals surface area contributed by atoms with Gasteiger partial charge in [0.15, 0.2) is 0 Å². The number of hydrogen-bond donors (Lipinski definition) is 3. The third-order valence-electron chi connectivity index (χ3n) is 5.51. The van der Waals surface area contributed by atoms with Gasteiger partial charge in [0.2, 0.25) is 5.95 Å². The van der Waals surface area contributed by atoms with Gasteiger partial charge in [-0.1, -0.05) is 12.1 Å². The summed E-state index contributed by atoms with van der Waals surface area (Å²) in [4.78, 5) is 11.5. The molecule has 0 bridgehead atoms. The molecule has 3 N–H and O–H groups in total. The van der Waals surface area contributed by atoms with E-state index in [1.54, 1.807) is 0 Å². The Labute approximate surface area is 171 Å². The van der Waals surface area contributed by atoms with Gasteiger partial charge in [-0.2, -0.15) is 4.98 Å². The largest absolute Gasteiger partial charge is 0.462 e. The van der Waals surface area contributed by atoms with Gasteiger partial charge < -0.3 is 25.1 Å². The summed E-state index contributed by atoms with van der Waals surface area (Å²) in [6, 6.07) is 12.7. The Morgan fingerprint density at radius 2 is 1.72 bits per heavy atom. The van der Waals surface area contributed by atoms with Crippen molar-refractivity contribution in [2.45, 2.75) is 50.9 Å². The summed E-state index contributed by atoms with van der Waals surface area (Å²) >= 11 is 0. The smallest absolute Gasteiger partial charge is 0.225 e. The van der Waals surface area contributed by atoms with Crippen LogP contribution in [0.3, 0.4) is 0 Å². The van der Waals surface area contributed by atoms with E-state index in [-0.39, 0.29) is 6.61 Å². The number of anilines is 2. The van der Waals surface area contributed by atoms with Crippen LogP contribution in [0.2, 0.25) is 0 Å². The molecule has 4 rings (SSSR count). The monoisotopic (exact) mass is 395 g/mol. The van der Waals surface area contributed by atoms with Crippen molar-refractivity contribution in [2.75, 3.05) is 24.3 Å². The first-order chi connectivity index (χ1) is 14.1. The molecule has 2 aromatic heterocycles. The quantitative estimate of drug-likeness (QED) is 0.566. The van der Waals surface area contributed by atoms with Crippen LogP contribution in [0.1, 0.15) is 37.2 Å². The minimum atomic E-state index is -0.0524. The maximum Gasteiger partial charge on any atom is 0.225 e. The predicted molar refractivity (Wildman–Crippen MR) is 115 cm³/mol. The average molecular weight is 396 g/mol. The van der Waals surface area contributed by atoms with Gasteiger partial charge >= 0.3 is 0 Å². The lowest BCUT2D eigenvalue weighted by Crippen LogP contribution is -2.36. The molecule has 1 aliphatic rings. The van der Waals surface area contributed by atoms with Crippen molar-refractivity contribution < 1.29 is 9.52 Å². The lowest BCUT2D eigenvalue weighted by atomic mass is 9.91. The molecule has 0 unspecified atom stereocenters. The number of fused-ring (bicyclic) bond motifs is 1. The van der Waals surface area contributed by atoms with Crippen LogP contribution < -0.4 is 15.5 Å². The standard InChI is InChI=1S/C22H29N5O2/c1-27(2)21-19-5-3-4-6-20(19)25-22(26-21)24-16-9-7-15(8-10-16)23-13-17-11-12-18(14-28)29-17/h3-6,11-12,15-16,23,28H,7-10,13-14H2,1-2H3,(H,24,25,26). The number of benzene rings is 1. The summed E-state index contributed by atoms with van der Waals surface area (Å²) < 4.78 is 5.54. The van der Waals surface area contributed by atoms with Crippen LogP contribution in [0.25, 0.3) is 10.9 Å². The highest BCUT2D eigenvalue weighted by atomic mass is 16.4. The van der Waals surface area contributed by atoms with Crippen molar-refractivity contribution in [2.24, 2.45) is 0 Å². The fourth-order valence-electron chi connectivity index (χ4n) is 3.94. The van der Waals surface area contributed by atoms with Gasteiger partial charge in [0, 0.05) is 31.6 Å². The molecule has 7 heteroatoms. The number of hydrogen-bond acceptors (Lipinski definition) is 7. The van der Waals surface area contributed by atoms with Crippen LogP contribution in [-0.4, -0.2) is 41.3 Å². The molecule has 2 heterocycles. The third-order valence-corrected chi connectivity index (χ3v) is 5.51. The van der Waals surface area contributed by atoms with E-state index >= 15 is 0 Å². The van der Waals surface area contributed by atoms with Crippen LogP contribution in [-0.2, 0) is 13.2 Å². The second-order valence-corrected chi connectivity index (χ2v) is 7.88. The Kier molecular flexibility index (Phi) is 5.97. The average Bonchev–Trinajstić information content (AvgIpc) is 3.21. The first kappa shape index (κ1) is 19.7. The Hall–Kier alpha value is -2.64. The van der Waals surface area contributed by atoms with E-state index in [0.29, 0.717) is 30.3 Å². The van der Waals surface area contributed by atoms with Crippen LogP contribution in [0.5, 0.6) is 0 Å². The second-order valence-electron chi connectivity index (χ2n) is 7.88. The summed E-state index contributed by atoms with van der Waals surface area (Å²) in [6.07, 6.45) is 4.34. The third kappa shape index (κ3) is 4.68. The van der Waals surface area contributed by atoms with Crippen LogP contribution in [0.4, 0.5) is 11.8 Å². The topological polar surface area (TPSA) is 86.5 Å². The summed E-state index contributed by atoms with van der Waals surface area (Å²) in [6.45, 7) is 0.645. The highest BCUT2D eigenvalue weighted by Crippen LogP contribution is 2.26. The van der Waals surface area contributed by atoms with E-state index < -0.39 is 0 Å². The fraction of sp³-hybridized carbons (Fsp3) is 0.455. The summed E-state index contributed by atoms with van der Waals surface area (Å²) in [7, 11) is 4.02. The van der Waals surface area contributed by atoms with Crippen LogP contribution in [0.15, 0.2) is 40.8 Å². The minimum absolute atomic E-state index is 0.0524. The summed E-state index contributed by atoms with van der Waals surface area (Å²) in [5.41, 5.74) is 0.963. The summed E-state index contributed by atoms with van der Waals surface area (Å²) in [5, 5.41) is 17.3. The number of para-hydroxylation sites is 1. The maximum atomic E-state index is 9.09. The summed E-state index contributed by atoms with van der Waals surface area (Å²) in [5.74, 6) is 3.13. The Morgan fingerprint density at radius 1 is 1.00 bits per heavy atom. The zero-order valence-corrected chi connectivity index (χ0v) is 17.1. The molecule has 1 saturated carbocycles. The Bertz CT molecular complexity index is 947. The zero-order valence-electron chi connectivity index (χ0n) is 17.1. The van der Waals surface area contributed by atoms with Gasteiger partial charge in [-0.05, 0) is 49.9 Å². The van der Waals surface area contributed by atoms with E-state index in [9.17, 15) is 0 Å². The highest BCUT2D eigenvalue weighted by molar-refractivity contribution is 5.90. The number of furan rings is 1. The van der Waals surface area contributed by atoms with Crippen molar-refractivity contribution in [1.29, 1.82) is 0 Å². The zero-order chi connectivity index (χ0) is 20.2. The number of nitrogens with one attached hydrogen (secondary N) is 2. The van der Waals surface area contributed by atoms with E-state index in [4.69, 9.17) is 19.5 Å². The molecule has 1 aromatic carbocycles. The molecular weight excluding hydrogens is 366 g/mol. The molecule has 1 aliphatic carbocycles. The normalized spacial score (nSPS) is 19.4. The molecule has 0 spiro atoms. The van der Waals surface area contributed by atoms with Gasteiger partial charge in [-0.25, -0.2) is 4.98 Å². The highest BCUT2D eigenvalue weighted by Gasteiger charge is 2.22. The van der Waals surface area contributed by atoms with Crippen molar-refractivity contribution in [3.05, 3.63) is 47.9 Å². The van der Waals surface area contributed by atoms with Crippen molar-refractivity contribution in [1.82, 2.24) is 15.3 Å². The number of aromatic nitrogens is 2.